The predicted molar refractivity (Wildman–Crippen MR) is 57.2 cm³/mol. The van der Waals surface area contributed by atoms with E-state index in [-0.39, 0.29) is 11.9 Å². The van der Waals surface area contributed by atoms with E-state index in [0.717, 1.165) is 5.75 Å². The first kappa shape index (κ1) is 13.3. The molecule has 0 saturated heterocycles. The number of carbonyl (C=O) groups is 2. The van der Waals surface area contributed by atoms with Crippen molar-refractivity contribution in [3.8, 4) is 0 Å². The van der Waals surface area contributed by atoms with Crippen LogP contribution in [0.5, 0.6) is 0 Å². The molecule has 5 heteroatoms. The summed E-state index contributed by atoms with van der Waals surface area (Å²) in [5.74, 6) is 0.270. The molecule has 0 aliphatic rings. The number of esters is 1. The first-order valence-corrected chi connectivity index (χ1v) is 5.96. The number of ether oxygens (including phenoxy) is 1. The average Bonchev–Trinajstić information content (AvgIpc) is 2.15. The van der Waals surface area contributed by atoms with E-state index in [9.17, 15) is 9.59 Å². The van der Waals surface area contributed by atoms with Crippen LogP contribution >= 0.6 is 11.8 Å². The second kappa shape index (κ2) is 7.67. The number of hydrogen-bond acceptors (Lipinski definition) is 4. The van der Waals surface area contributed by atoms with E-state index in [4.69, 9.17) is 4.74 Å². The maximum absolute atomic E-state index is 11.2. The number of rotatable bonds is 6. The highest BCUT2D eigenvalue weighted by Crippen LogP contribution is 1.96. The van der Waals surface area contributed by atoms with Gasteiger partial charge in [-0.2, -0.15) is 11.8 Å². The van der Waals surface area contributed by atoms with Crippen molar-refractivity contribution in [1.82, 2.24) is 5.32 Å². The highest BCUT2D eigenvalue weighted by molar-refractivity contribution is 7.98. The molecule has 0 spiro atoms. The summed E-state index contributed by atoms with van der Waals surface area (Å²) in [7, 11) is 0. The van der Waals surface area contributed by atoms with Crippen molar-refractivity contribution in [3.05, 3.63) is 0 Å². The number of thioether (sulfide) groups is 1. The first-order chi connectivity index (χ1) is 6.61. The van der Waals surface area contributed by atoms with Crippen molar-refractivity contribution < 1.29 is 14.3 Å². The standard InChI is InChI=1S/C9H17NO3S/c1-4-13-9(12)7(2)10-8(11)5-6-14-3/h7H,4-6H2,1-3H3,(H,10,11). The third-order valence-electron chi connectivity index (χ3n) is 1.55. The molecule has 0 fully saturated rings. The van der Waals surface area contributed by atoms with Gasteiger partial charge < -0.3 is 10.1 Å². The van der Waals surface area contributed by atoms with Gasteiger partial charge in [-0.1, -0.05) is 0 Å². The Morgan fingerprint density at radius 2 is 2.14 bits per heavy atom. The van der Waals surface area contributed by atoms with Crippen molar-refractivity contribution in [3.63, 3.8) is 0 Å². The van der Waals surface area contributed by atoms with E-state index in [1.807, 2.05) is 6.26 Å². The number of nitrogens with one attached hydrogen (secondary N) is 1. The van der Waals surface area contributed by atoms with Crippen molar-refractivity contribution >= 4 is 23.6 Å². The molecule has 0 heterocycles. The minimum absolute atomic E-state index is 0.111. The molecule has 0 aromatic heterocycles. The normalized spacial score (nSPS) is 11.9. The summed E-state index contributed by atoms with van der Waals surface area (Å²) < 4.78 is 4.75. The minimum atomic E-state index is -0.552. The molecule has 0 aromatic carbocycles. The fourth-order valence-electron chi connectivity index (χ4n) is 0.835. The summed E-state index contributed by atoms with van der Waals surface area (Å²) in [5.41, 5.74) is 0. The van der Waals surface area contributed by atoms with Crippen LogP contribution in [0.2, 0.25) is 0 Å². The number of amides is 1. The van der Waals surface area contributed by atoms with Gasteiger partial charge in [0.25, 0.3) is 0 Å². The van der Waals surface area contributed by atoms with Crippen molar-refractivity contribution in [1.29, 1.82) is 0 Å². The van der Waals surface area contributed by atoms with Gasteiger partial charge in [-0.15, -0.1) is 0 Å². The Kier molecular flexibility index (Phi) is 7.28. The SMILES string of the molecule is CCOC(=O)C(C)NC(=O)CCSC. The van der Waals surface area contributed by atoms with Crippen LogP contribution in [0, 0.1) is 0 Å². The molecule has 0 aliphatic heterocycles. The van der Waals surface area contributed by atoms with Crippen molar-refractivity contribution in [2.24, 2.45) is 0 Å². The largest absolute Gasteiger partial charge is 0.464 e. The van der Waals surface area contributed by atoms with Crippen LogP contribution in [0.15, 0.2) is 0 Å². The van der Waals surface area contributed by atoms with Gasteiger partial charge in [0.2, 0.25) is 5.91 Å². The molecule has 0 saturated carbocycles. The van der Waals surface area contributed by atoms with Crippen LogP contribution in [0.25, 0.3) is 0 Å². The number of carbonyl (C=O) groups excluding carboxylic acids is 2. The lowest BCUT2D eigenvalue weighted by Crippen LogP contribution is -2.39. The first-order valence-electron chi connectivity index (χ1n) is 4.56. The van der Waals surface area contributed by atoms with Crippen LogP contribution in [0.3, 0.4) is 0 Å². The predicted octanol–water partition coefficient (Wildman–Crippen LogP) is 0.807. The van der Waals surface area contributed by atoms with Gasteiger partial charge in [-0.05, 0) is 20.1 Å². The summed E-state index contributed by atoms with van der Waals surface area (Å²) >= 11 is 1.60. The van der Waals surface area contributed by atoms with Crippen molar-refractivity contribution in [2.75, 3.05) is 18.6 Å². The van der Waals surface area contributed by atoms with Crippen LogP contribution in [0.4, 0.5) is 0 Å². The van der Waals surface area contributed by atoms with Crippen LogP contribution in [-0.2, 0) is 14.3 Å². The second-order valence-electron chi connectivity index (χ2n) is 2.78. The quantitative estimate of drug-likeness (QED) is 0.672. The third-order valence-corrected chi connectivity index (χ3v) is 2.16. The topological polar surface area (TPSA) is 55.4 Å². The van der Waals surface area contributed by atoms with Gasteiger partial charge >= 0.3 is 5.97 Å². The van der Waals surface area contributed by atoms with E-state index < -0.39 is 6.04 Å². The van der Waals surface area contributed by atoms with Gasteiger partial charge in [0.05, 0.1) is 6.61 Å². The van der Waals surface area contributed by atoms with Crippen LogP contribution < -0.4 is 5.32 Å². The fourth-order valence-corrected chi connectivity index (χ4v) is 1.22. The highest BCUT2D eigenvalue weighted by Gasteiger charge is 2.15. The summed E-state index contributed by atoms with van der Waals surface area (Å²) in [6.07, 6.45) is 2.37. The summed E-state index contributed by atoms with van der Waals surface area (Å²) in [5, 5.41) is 2.57. The van der Waals surface area contributed by atoms with Crippen LogP contribution in [-0.4, -0.2) is 36.5 Å². The molecule has 1 unspecified atom stereocenters. The maximum atomic E-state index is 11.2. The molecule has 1 N–H and O–H groups in total. The molecule has 14 heavy (non-hydrogen) atoms. The third kappa shape index (κ3) is 5.85. The summed E-state index contributed by atoms with van der Waals surface area (Å²) in [4.78, 5) is 22.3. The lowest BCUT2D eigenvalue weighted by Gasteiger charge is -2.11. The van der Waals surface area contributed by atoms with E-state index in [2.05, 4.69) is 5.32 Å². The average molecular weight is 219 g/mol. The Balaban J connectivity index is 3.75. The Hall–Kier alpha value is -0.710. The zero-order chi connectivity index (χ0) is 11.0. The molecular weight excluding hydrogens is 202 g/mol. The van der Waals surface area contributed by atoms with E-state index >= 15 is 0 Å². The molecular formula is C9H17NO3S. The van der Waals surface area contributed by atoms with E-state index in [1.54, 1.807) is 25.6 Å². The molecule has 0 aromatic rings. The Morgan fingerprint density at radius 3 is 2.64 bits per heavy atom. The monoisotopic (exact) mass is 219 g/mol. The fraction of sp³-hybridized carbons (Fsp3) is 0.778. The lowest BCUT2D eigenvalue weighted by molar-refractivity contribution is -0.146. The Morgan fingerprint density at radius 1 is 1.50 bits per heavy atom. The molecule has 1 amide bonds. The van der Waals surface area contributed by atoms with Crippen molar-refractivity contribution in [2.45, 2.75) is 26.3 Å². The van der Waals surface area contributed by atoms with Crippen LogP contribution in [0.1, 0.15) is 20.3 Å². The summed E-state index contributed by atoms with van der Waals surface area (Å²) in [6, 6.07) is -0.552. The number of hydrogen-bond donors (Lipinski definition) is 1. The van der Waals surface area contributed by atoms with Gasteiger partial charge in [-0.25, -0.2) is 4.79 Å². The minimum Gasteiger partial charge on any atom is -0.464 e. The van der Waals surface area contributed by atoms with Gasteiger partial charge in [0, 0.05) is 12.2 Å². The van der Waals surface area contributed by atoms with Gasteiger partial charge in [0.1, 0.15) is 6.04 Å². The molecule has 0 rings (SSSR count). The van der Waals surface area contributed by atoms with Gasteiger partial charge in [0.15, 0.2) is 0 Å². The Labute approximate surface area is 88.8 Å². The molecule has 0 aliphatic carbocycles. The smallest absolute Gasteiger partial charge is 0.328 e. The van der Waals surface area contributed by atoms with E-state index in [0.29, 0.717) is 13.0 Å². The molecule has 1 atom stereocenters. The molecule has 0 bridgehead atoms. The molecule has 0 radical (unpaired) electrons. The summed E-state index contributed by atoms with van der Waals surface area (Å²) in [6.45, 7) is 3.69. The second-order valence-corrected chi connectivity index (χ2v) is 3.77. The zero-order valence-electron chi connectivity index (χ0n) is 8.83. The molecule has 4 nitrogen and oxygen atoms in total. The Bertz CT molecular complexity index is 196. The maximum Gasteiger partial charge on any atom is 0.328 e. The molecule has 82 valence electrons. The van der Waals surface area contributed by atoms with E-state index in [1.165, 1.54) is 0 Å². The zero-order valence-corrected chi connectivity index (χ0v) is 9.65. The highest BCUT2D eigenvalue weighted by atomic mass is 32.2. The van der Waals surface area contributed by atoms with Gasteiger partial charge in [-0.3, -0.25) is 4.79 Å². The lowest BCUT2D eigenvalue weighted by atomic mass is 10.3.